The lowest BCUT2D eigenvalue weighted by molar-refractivity contribution is 0.208. The maximum absolute atomic E-state index is 12.6. The lowest BCUT2D eigenvalue weighted by atomic mass is 10.0. The Morgan fingerprint density at radius 2 is 1.71 bits per heavy atom. The summed E-state index contributed by atoms with van der Waals surface area (Å²) >= 11 is 0. The molecule has 0 saturated carbocycles. The fraction of sp³-hybridized carbons (Fsp3) is 0.522. The van der Waals surface area contributed by atoms with Crippen LogP contribution >= 0.6 is 0 Å². The first-order valence-electron chi connectivity index (χ1n) is 11.3. The number of piperazine rings is 1. The largest absolute Gasteiger partial charge is 0.494 e. The number of piperidine rings is 1. The predicted octanol–water partition coefficient (Wildman–Crippen LogP) is 3.61. The minimum absolute atomic E-state index is 0.0793. The van der Waals surface area contributed by atoms with Crippen LogP contribution in [0.1, 0.15) is 33.1 Å². The van der Waals surface area contributed by atoms with Crippen molar-refractivity contribution in [2.45, 2.75) is 39.2 Å². The quantitative estimate of drug-likeness (QED) is 0.791. The van der Waals surface area contributed by atoms with Crippen LogP contribution in [-0.2, 0) is 0 Å². The van der Waals surface area contributed by atoms with E-state index in [0.717, 1.165) is 42.7 Å². The van der Waals surface area contributed by atoms with E-state index in [1.807, 2.05) is 36.1 Å². The third-order valence-electron chi connectivity index (χ3n) is 6.04. The third-order valence-corrected chi connectivity index (χ3v) is 6.04. The van der Waals surface area contributed by atoms with Gasteiger partial charge >= 0.3 is 6.03 Å². The summed E-state index contributed by atoms with van der Waals surface area (Å²) < 4.78 is 5.44. The highest BCUT2D eigenvalue weighted by atomic mass is 16.5. The summed E-state index contributed by atoms with van der Waals surface area (Å²) in [5.74, 6) is 2.64. The average Bonchev–Trinajstić information content (AvgIpc) is 2.81. The molecule has 1 unspecified atom stereocenters. The molecule has 1 aromatic heterocycles. The second-order valence-corrected chi connectivity index (χ2v) is 8.15. The first-order chi connectivity index (χ1) is 15.1. The van der Waals surface area contributed by atoms with Crippen LogP contribution in [0.2, 0.25) is 0 Å². The number of anilines is 3. The molecule has 1 aromatic carbocycles. The molecule has 8 heteroatoms. The molecule has 0 aliphatic carbocycles. The summed E-state index contributed by atoms with van der Waals surface area (Å²) in [6, 6.07) is 12.0. The van der Waals surface area contributed by atoms with Gasteiger partial charge in [-0.2, -0.15) is 0 Å². The van der Waals surface area contributed by atoms with Gasteiger partial charge in [-0.3, -0.25) is 0 Å². The molecule has 2 aliphatic rings. The van der Waals surface area contributed by atoms with Crippen molar-refractivity contribution in [1.29, 1.82) is 0 Å². The number of carbonyl (C=O) groups is 1. The van der Waals surface area contributed by atoms with Crippen molar-refractivity contribution in [1.82, 2.24) is 15.1 Å². The second kappa shape index (κ2) is 9.85. The van der Waals surface area contributed by atoms with Gasteiger partial charge in [-0.15, -0.1) is 10.2 Å². The fourth-order valence-electron chi connectivity index (χ4n) is 4.22. The van der Waals surface area contributed by atoms with Gasteiger partial charge in [0, 0.05) is 44.5 Å². The Morgan fingerprint density at radius 1 is 1.00 bits per heavy atom. The van der Waals surface area contributed by atoms with Gasteiger partial charge in [-0.05, 0) is 69.5 Å². The maximum Gasteiger partial charge on any atom is 0.321 e. The first-order valence-corrected chi connectivity index (χ1v) is 11.3. The molecule has 2 saturated heterocycles. The minimum atomic E-state index is -0.0793. The lowest BCUT2D eigenvalue weighted by Gasteiger charge is -2.36. The summed E-state index contributed by atoms with van der Waals surface area (Å²) in [5, 5.41) is 11.9. The Bertz CT molecular complexity index is 849. The van der Waals surface area contributed by atoms with Crippen molar-refractivity contribution in [3.63, 3.8) is 0 Å². The molecule has 8 nitrogen and oxygen atoms in total. The first kappa shape index (κ1) is 21.2. The minimum Gasteiger partial charge on any atom is -0.494 e. The monoisotopic (exact) mass is 424 g/mol. The molecule has 2 fully saturated rings. The standard InChI is InChI=1S/C23H32N6O2/c1-3-31-20-9-7-19(8-10-20)24-23(30)28-16-14-27(15-17-28)21-11-12-22(26-25-21)29-13-5-4-6-18(29)2/h7-12,18H,3-6,13-17H2,1-2H3,(H,24,30). The van der Waals surface area contributed by atoms with Gasteiger partial charge in [0.25, 0.3) is 0 Å². The molecule has 0 radical (unpaired) electrons. The van der Waals surface area contributed by atoms with Crippen molar-refractivity contribution >= 4 is 23.4 Å². The summed E-state index contributed by atoms with van der Waals surface area (Å²) in [5.41, 5.74) is 0.768. The zero-order valence-electron chi connectivity index (χ0n) is 18.5. The fourth-order valence-corrected chi connectivity index (χ4v) is 4.22. The van der Waals surface area contributed by atoms with Crippen LogP contribution in [0.15, 0.2) is 36.4 Å². The number of aromatic nitrogens is 2. The van der Waals surface area contributed by atoms with Gasteiger partial charge in [-0.1, -0.05) is 0 Å². The number of rotatable bonds is 5. The number of ether oxygens (including phenoxy) is 1. The molecule has 4 rings (SSSR count). The molecule has 2 aliphatic heterocycles. The van der Waals surface area contributed by atoms with E-state index in [2.05, 4.69) is 44.4 Å². The van der Waals surface area contributed by atoms with Crippen LogP contribution in [0, 0.1) is 0 Å². The summed E-state index contributed by atoms with van der Waals surface area (Å²) in [7, 11) is 0. The lowest BCUT2D eigenvalue weighted by Crippen LogP contribution is -2.50. The summed E-state index contributed by atoms with van der Waals surface area (Å²) in [6.07, 6.45) is 3.72. The van der Waals surface area contributed by atoms with E-state index in [-0.39, 0.29) is 6.03 Å². The van der Waals surface area contributed by atoms with Crippen LogP contribution in [-0.4, -0.2) is 66.5 Å². The Balaban J connectivity index is 1.28. The van der Waals surface area contributed by atoms with Crippen molar-refractivity contribution in [3.05, 3.63) is 36.4 Å². The van der Waals surface area contributed by atoms with E-state index in [9.17, 15) is 4.79 Å². The Kier molecular flexibility index (Phi) is 6.74. The molecular formula is C23H32N6O2. The van der Waals surface area contributed by atoms with E-state index in [1.165, 1.54) is 19.3 Å². The second-order valence-electron chi connectivity index (χ2n) is 8.15. The zero-order valence-corrected chi connectivity index (χ0v) is 18.5. The van der Waals surface area contributed by atoms with Gasteiger partial charge in [-0.25, -0.2) is 4.79 Å². The highest BCUT2D eigenvalue weighted by molar-refractivity contribution is 5.89. The van der Waals surface area contributed by atoms with Gasteiger partial charge < -0.3 is 24.8 Å². The molecule has 31 heavy (non-hydrogen) atoms. The van der Waals surface area contributed by atoms with Crippen LogP contribution in [0.5, 0.6) is 5.75 Å². The number of urea groups is 1. The number of benzene rings is 1. The number of hydrogen-bond acceptors (Lipinski definition) is 6. The Hall–Kier alpha value is -3.03. The van der Waals surface area contributed by atoms with E-state index in [1.54, 1.807) is 0 Å². The molecule has 1 atom stereocenters. The van der Waals surface area contributed by atoms with Crippen molar-refractivity contribution in [2.75, 3.05) is 54.4 Å². The van der Waals surface area contributed by atoms with Gasteiger partial charge in [0.05, 0.1) is 6.61 Å². The van der Waals surface area contributed by atoms with E-state index in [4.69, 9.17) is 4.74 Å². The van der Waals surface area contributed by atoms with E-state index >= 15 is 0 Å². The predicted molar refractivity (Wildman–Crippen MR) is 123 cm³/mol. The number of nitrogens with one attached hydrogen (secondary N) is 1. The molecular weight excluding hydrogens is 392 g/mol. The van der Waals surface area contributed by atoms with Crippen LogP contribution in [0.25, 0.3) is 0 Å². The van der Waals surface area contributed by atoms with Gasteiger partial charge in [0.2, 0.25) is 0 Å². The number of amides is 2. The van der Waals surface area contributed by atoms with Crippen molar-refractivity contribution in [2.24, 2.45) is 0 Å². The van der Waals surface area contributed by atoms with Crippen molar-refractivity contribution in [3.8, 4) is 5.75 Å². The highest BCUT2D eigenvalue weighted by Crippen LogP contribution is 2.24. The zero-order chi connectivity index (χ0) is 21.6. The van der Waals surface area contributed by atoms with Crippen molar-refractivity contribution < 1.29 is 9.53 Å². The summed E-state index contributed by atoms with van der Waals surface area (Å²) in [4.78, 5) is 19.0. The SMILES string of the molecule is CCOc1ccc(NC(=O)N2CCN(c3ccc(N4CCCCC4C)nn3)CC2)cc1. The summed E-state index contributed by atoms with van der Waals surface area (Å²) in [6.45, 7) is 8.66. The molecule has 0 bridgehead atoms. The van der Waals surface area contributed by atoms with E-state index < -0.39 is 0 Å². The third kappa shape index (κ3) is 5.18. The van der Waals surface area contributed by atoms with E-state index in [0.29, 0.717) is 25.7 Å². The molecule has 0 spiro atoms. The van der Waals surface area contributed by atoms with Crippen LogP contribution in [0.3, 0.4) is 0 Å². The van der Waals surface area contributed by atoms with Gasteiger partial charge in [0.1, 0.15) is 5.75 Å². The smallest absolute Gasteiger partial charge is 0.321 e. The Labute approximate surface area is 184 Å². The maximum atomic E-state index is 12.6. The van der Waals surface area contributed by atoms with Gasteiger partial charge in [0.15, 0.2) is 11.6 Å². The molecule has 1 N–H and O–H groups in total. The number of nitrogens with zero attached hydrogens (tertiary/aromatic N) is 5. The van der Waals surface area contributed by atoms with Crippen LogP contribution < -0.4 is 19.9 Å². The molecule has 166 valence electrons. The number of hydrogen-bond donors (Lipinski definition) is 1. The molecule has 2 amide bonds. The topological polar surface area (TPSA) is 73.8 Å². The average molecular weight is 425 g/mol. The Morgan fingerprint density at radius 3 is 2.35 bits per heavy atom. The highest BCUT2D eigenvalue weighted by Gasteiger charge is 2.24. The molecule has 3 heterocycles. The molecule has 2 aromatic rings. The van der Waals surface area contributed by atoms with Crippen LogP contribution in [0.4, 0.5) is 22.1 Å². The normalized spacial score (nSPS) is 19.3. The number of carbonyl (C=O) groups excluding carboxylic acids is 1.